The number of nitrogens with two attached hydrogens (primary N) is 2. The van der Waals surface area contributed by atoms with Gasteiger partial charge in [0.05, 0.1) is 40.3 Å². The van der Waals surface area contributed by atoms with Crippen molar-refractivity contribution in [1.29, 1.82) is 0 Å². The first-order chi connectivity index (χ1) is 22.6. The maximum atomic E-state index is 7.00. The number of aliphatic hydroxyl groups excluding tert-OH is 1. The van der Waals surface area contributed by atoms with Gasteiger partial charge in [-0.2, -0.15) is 0 Å². The van der Waals surface area contributed by atoms with E-state index in [1.54, 1.807) is 0 Å². The highest BCUT2D eigenvalue weighted by Gasteiger charge is 2.22. The summed E-state index contributed by atoms with van der Waals surface area (Å²) in [5, 5.41) is 11.7. The highest BCUT2D eigenvalue weighted by molar-refractivity contribution is 6.34. The molecule has 1 fully saturated rings. The van der Waals surface area contributed by atoms with Crippen LogP contribution in [0.2, 0.25) is 10.0 Å². The molecule has 2 heterocycles. The molecule has 2 unspecified atom stereocenters. The van der Waals surface area contributed by atoms with E-state index in [9.17, 15) is 0 Å². The number of nitrogens with one attached hydrogen (secondary N) is 1. The van der Waals surface area contributed by atoms with Crippen LogP contribution in [0.25, 0.3) is 17.0 Å². The number of aliphatic hydroxyl groups is 1. The van der Waals surface area contributed by atoms with Gasteiger partial charge >= 0.3 is 0 Å². The summed E-state index contributed by atoms with van der Waals surface area (Å²) < 4.78 is 0. The summed E-state index contributed by atoms with van der Waals surface area (Å²) >= 11 is 13.3. The molecule has 6 N–H and O–H groups in total. The number of rotatable bonds is 12. The van der Waals surface area contributed by atoms with Gasteiger partial charge in [-0.25, -0.2) is 5.90 Å². The van der Waals surface area contributed by atoms with Crippen LogP contribution in [0.15, 0.2) is 42.0 Å². The average molecular weight is 688 g/mol. The fraction of sp³-hybridized carbons (Fsp3) is 0.486. The summed E-state index contributed by atoms with van der Waals surface area (Å²) in [7, 11) is 2.40. The van der Waals surface area contributed by atoms with Crippen molar-refractivity contribution in [2.75, 3.05) is 26.5 Å². The molecule has 1 aliphatic carbocycles. The third-order valence-corrected chi connectivity index (χ3v) is 8.68. The van der Waals surface area contributed by atoms with Gasteiger partial charge in [0.15, 0.2) is 0 Å². The van der Waals surface area contributed by atoms with Crippen LogP contribution in [0.1, 0.15) is 112 Å². The van der Waals surface area contributed by atoms with Crippen LogP contribution >= 0.6 is 23.2 Å². The Morgan fingerprint density at radius 3 is 2.40 bits per heavy atom. The first kappa shape index (κ1) is 42.0. The molecule has 0 amide bonds. The van der Waals surface area contributed by atoms with Gasteiger partial charge in [0, 0.05) is 54.5 Å². The molecule has 1 saturated carbocycles. The standard InChI is InChI=1S/C33H41Cl2N5.C2H6.CH5NO.CH4O/c1-7-9-23(17-38-21(5)24-14-25(18-39-26-10-11-26)32(36)29(34)15-24)30-16-28(19(3)8-2)20(4)33(40-30)27-12-13-37-22(6)31(27)35;1-2;1-3-2;1-2/h12-16,18-19,23,26,38H,5,7-11,17,36H2,1-4,6H3;1-2H3;2H2,1H3;2H,1H3. The van der Waals surface area contributed by atoms with Gasteiger partial charge in [-0.15, -0.1) is 0 Å². The molecule has 2 aromatic heterocycles. The Morgan fingerprint density at radius 2 is 1.83 bits per heavy atom. The lowest BCUT2D eigenvalue weighted by atomic mass is 9.88. The average Bonchev–Trinajstić information content (AvgIpc) is 3.91. The lowest BCUT2D eigenvalue weighted by molar-refractivity contribution is 0.206. The molecule has 0 radical (unpaired) electrons. The third kappa shape index (κ3) is 12.2. The van der Waals surface area contributed by atoms with Crippen LogP contribution in [-0.4, -0.2) is 48.1 Å². The van der Waals surface area contributed by atoms with Gasteiger partial charge in [-0.3, -0.25) is 15.0 Å². The number of hydrogen-bond acceptors (Lipinski definition) is 8. The van der Waals surface area contributed by atoms with Crippen molar-refractivity contribution < 1.29 is 9.94 Å². The molecule has 0 saturated heterocycles. The second-order valence-electron chi connectivity index (χ2n) is 11.2. The minimum absolute atomic E-state index is 0.186. The summed E-state index contributed by atoms with van der Waals surface area (Å²) in [5.41, 5.74) is 15.6. The van der Waals surface area contributed by atoms with E-state index in [4.69, 9.17) is 39.0 Å². The maximum Gasteiger partial charge on any atom is 0.0753 e. The van der Waals surface area contributed by atoms with E-state index in [0.717, 1.165) is 78.7 Å². The van der Waals surface area contributed by atoms with Crippen LogP contribution in [0, 0.1) is 13.8 Å². The fourth-order valence-electron chi connectivity index (χ4n) is 4.96. The van der Waals surface area contributed by atoms with E-state index in [1.807, 2.05) is 51.4 Å². The van der Waals surface area contributed by atoms with E-state index in [1.165, 1.54) is 18.2 Å². The molecule has 260 valence electrons. The summed E-state index contributed by atoms with van der Waals surface area (Å²) in [4.78, 5) is 18.0. The van der Waals surface area contributed by atoms with Gasteiger partial charge in [-0.05, 0) is 86.4 Å². The molecule has 0 bridgehead atoms. The topological polar surface area (TPSA) is 132 Å². The molecular weight excluding hydrogens is 631 g/mol. The summed E-state index contributed by atoms with van der Waals surface area (Å²) in [6.07, 6.45) is 8.99. The first-order valence-electron chi connectivity index (χ1n) is 16.4. The number of aromatic nitrogens is 2. The Hall–Kier alpha value is -3.01. The molecule has 47 heavy (non-hydrogen) atoms. The highest BCUT2D eigenvalue weighted by atomic mass is 35.5. The molecule has 2 atom stereocenters. The Balaban J connectivity index is 0.00000146. The predicted octanol–water partition coefficient (Wildman–Crippen LogP) is 9.03. The lowest BCUT2D eigenvalue weighted by Crippen LogP contribution is -2.22. The van der Waals surface area contributed by atoms with Gasteiger partial charge < -0.3 is 21.0 Å². The van der Waals surface area contributed by atoms with Crippen LogP contribution in [0.3, 0.4) is 0 Å². The zero-order valence-electron chi connectivity index (χ0n) is 29.8. The molecule has 4 rings (SSSR count). The quantitative estimate of drug-likeness (QED) is 0.0849. The van der Waals surface area contributed by atoms with Crippen molar-refractivity contribution in [3.8, 4) is 11.3 Å². The van der Waals surface area contributed by atoms with E-state index in [-0.39, 0.29) is 5.92 Å². The predicted molar refractivity (Wildman–Crippen MR) is 203 cm³/mol. The Bertz CT molecular complexity index is 1440. The van der Waals surface area contributed by atoms with E-state index >= 15 is 0 Å². The summed E-state index contributed by atoms with van der Waals surface area (Å²) in [6.45, 7) is 19.8. The largest absolute Gasteiger partial charge is 0.400 e. The molecule has 3 aromatic rings. The van der Waals surface area contributed by atoms with Crippen molar-refractivity contribution in [1.82, 2.24) is 15.3 Å². The number of pyridine rings is 2. The van der Waals surface area contributed by atoms with Crippen molar-refractivity contribution in [3.05, 3.63) is 80.7 Å². The van der Waals surface area contributed by atoms with E-state index in [2.05, 4.69) is 66.4 Å². The molecule has 1 aliphatic rings. The molecule has 8 nitrogen and oxygen atoms in total. The number of aryl methyl sites for hydroxylation is 1. The monoisotopic (exact) mass is 686 g/mol. The molecule has 10 heteroatoms. The van der Waals surface area contributed by atoms with E-state index in [0.29, 0.717) is 34.2 Å². The zero-order valence-corrected chi connectivity index (χ0v) is 31.3. The number of aliphatic imine (C=N–C) groups is 1. The number of benzene rings is 1. The molecule has 0 spiro atoms. The fourth-order valence-corrected chi connectivity index (χ4v) is 5.39. The van der Waals surface area contributed by atoms with Crippen LogP contribution in [0.5, 0.6) is 0 Å². The van der Waals surface area contributed by atoms with E-state index < -0.39 is 0 Å². The summed E-state index contributed by atoms with van der Waals surface area (Å²) in [5.74, 6) is 4.94. The van der Waals surface area contributed by atoms with Gasteiger partial charge in [-0.1, -0.05) is 70.8 Å². The lowest BCUT2D eigenvalue weighted by Gasteiger charge is -2.24. The number of nitrogens with zero attached hydrogens (tertiary/aromatic N) is 3. The smallest absolute Gasteiger partial charge is 0.0753 e. The molecular formula is C37H56Cl2N6O2. The first-order valence-corrected chi connectivity index (χ1v) is 17.2. The van der Waals surface area contributed by atoms with Crippen LogP contribution < -0.4 is 16.9 Å². The second-order valence-corrected chi connectivity index (χ2v) is 12.0. The molecule has 0 aliphatic heterocycles. The molecule has 1 aromatic carbocycles. The highest BCUT2D eigenvalue weighted by Crippen LogP contribution is 2.37. The van der Waals surface area contributed by atoms with Gasteiger partial charge in [0.2, 0.25) is 0 Å². The van der Waals surface area contributed by atoms with Crippen molar-refractivity contribution >= 4 is 40.8 Å². The van der Waals surface area contributed by atoms with Gasteiger partial charge in [0.1, 0.15) is 0 Å². The van der Waals surface area contributed by atoms with Crippen LogP contribution in [0.4, 0.5) is 5.69 Å². The second kappa shape index (κ2) is 21.8. The van der Waals surface area contributed by atoms with Crippen molar-refractivity contribution in [2.24, 2.45) is 10.9 Å². The zero-order chi connectivity index (χ0) is 35.7. The van der Waals surface area contributed by atoms with Crippen molar-refractivity contribution in [2.45, 2.75) is 98.4 Å². The normalized spacial score (nSPS) is 13.3. The van der Waals surface area contributed by atoms with Gasteiger partial charge in [0.25, 0.3) is 0 Å². The maximum absolute atomic E-state index is 7.00. The Labute approximate surface area is 293 Å². The Kier molecular flexibility index (Phi) is 19.5. The number of nitrogen functional groups attached to an aromatic ring is 1. The van der Waals surface area contributed by atoms with Crippen LogP contribution in [-0.2, 0) is 4.84 Å². The Morgan fingerprint density at radius 1 is 1.19 bits per heavy atom. The minimum Gasteiger partial charge on any atom is -0.400 e. The number of anilines is 1. The minimum atomic E-state index is 0.186. The number of hydrogen-bond donors (Lipinski definition) is 4. The number of halogens is 2. The third-order valence-electron chi connectivity index (χ3n) is 7.89. The van der Waals surface area contributed by atoms with Crippen molar-refractivity contribution in [3.63, 3.8) is 0 Å². The SMILES string of the molecule is C=C(NCC(CCC)c1cc(C(C)CC)c(C)c(-c2ccnc(C)c2Cl)n1)c1cc(Cl)c(N)c(C=NC2CC2)c1.CC.CO.CON. The summed E-state index contributed by atoms with van der Waals surface area (Å²) in [6, 6.07) is 8.56.